The van der Waals surface area contributed by atoms with Gasteiger partial charge in [0.2, 0.25) is 5.91 Å². The largest absolute Gasteiger partial charge is 0.497 e. The Morgan fingerprint density at radius 1 is 1.04 bits per heavy atom. The van der Waals surface area contributed by atoms with Crippen LogP contribution in [0.25, 0.3) is 6.08 Å². The first-order valence-corrected chi connectivity index (χ1v) is 8.81. The van der Waals surface area contributed by atoms with Crippen molar-refractivity contribution in [1.29, 1.82) is 0 Å². The Kier molecular flexibility index (Phi) is 7.09. The van der Waals surface area contributed by atoms with Crippen molar-refractivity contribution in [2.75, 3.05) is 21.3 Å². The van der Waals surface area contributed by atoms with Gasteiger partial charge in [0.25, 0.3) is 0 Å². The maximum absolute atomic E-state index is 12.2. The van der Waals surface area contributed by atoms with Gasteiger partial charge >= 0.3 is 0 Å². The van der Waals surface area contributed by atoms with E-state index < -0.39 is 0 Å². The van der Waals surface area contributed by atoms with Crippen molar-refractivity contribution in [3.63, 3.8) is 0 Å². The Balaban J connectivity index is 2.06. The molecule has 0 saturated carbocycles. The first-order valence-electron chi connectivity index (χ1n) is 8.02. The van der Waals surface area contributed by atoms with Crippen LogP contribution in [0.3, 0.4) is 0 Å². The van der Waals surface area contributed by atoms with Crippen LogP contribution in [0.5, 0.6) is 17.2 Å². The molecular weight excluding hydrogens is 398 g/mol. The zero-order valence-corrected chi connectivity index (χ0v) is 16.8. The van der Waals surface area contributed by atoms with Crippen molar-refractivity contribution in [2.24, 2.45) is 0 Å². The highest BCUT2D eigenvalue weighted by molar-refractivity contribution is 9.10. The fraction of sp³-hybridized carbons (Fsp3) is 0.250. The molecule has 6 heteroatoms. The molecule has 1 atom stereocenters. The summed E-state index contributed by atoms with van der Waals surface area (Å²) in [6.45, 7) is 1.92. The minimum absolute atomic E-state index is 0.146. The van der Waals surface area contributed by atoms with Crippen molar-refractivity contribution >= 4 is 27.9 Å². The Morgan fingerprint density at radius 3 is 2.38 bits per heavy atom. The summed E-state index contributed by atoms with van der Waals surface area (Å²) >= 11 is 3.45. The molecule has 0 spiro atoms. The van der Waals surface area contributed by atoms with Gasteiger partial charge in [0.1, 0.15) is 17.2 Å². The standard InChI is InChI=1S/C20H22BrNO4/c1-13(15-6-9-18(25-3)17(21)11-15)22-20(23)10-7-14-5-8-16(24-2)12-19(14)26-4/h5-13H,1-4H3,(H,22,23)/b10-7+/t13-/m1/s1. The first-order chi connectivity index (χ1) is 12.5. The molecule has 0 bridgehead atoms. The third-order valence-corrected chi connectivity index (χ3v) is 4.51. The monoisotopic (exact) mass is 419 g/mol. The quantitative estimate of drug-likeness (QED) is 0.677. The van der Waals surface area contributed by atoms with Crippen LogP contribution in [-0.2, 0) is 4.79 Å². The van der Waals surface area contributed by atoms with Crippen molar-refractivity contribution in [3.05, 3.63) is 58.1 Å². The van der Waals surface area contributed by atoms with Crippen molar-refractivity contribution in [3.8, 4) is 17.2 Å². The first kappa shape index (κ1) is 19.8. The van der Waals surface area contributed by atoms with Gasteiger partial charge in [-0.25, -0.2) is 0 Å². The molecular formula is C20H22BrNO4. The SMILES string of the molecule is COc1ccc(/C=C/C(=O)N[C@H](C)c2ccc(OC)c(Br)c2)c(OC)c1. The van der Waals surface area contributed by atoms with Crippen molar-refractivity contribution < 1.29 is 19.0 Å². The number of amides is 1. The summed E-state index contributed by atoms with van der Waals surface area (Å²) in [4.78, 5) is 12.2. The number of nitrogens with one attached hydrogen (secondary N) is 1. The Hall–Kier alpha value is -2.47. The number of ether oxygens (including phenoxy) is 3. The van der Waals surface area contributed by atoms with E-state index in [0.717, 1.165) is 21.3 Å². The predicted octanol–water partition coefficient (Wildman–Crippen LogP) is 4.37. The average molecular weight is 420 g/mol. The summed E-state index contributed by atoms with van der Waals surface area (Å²) in [6, 6.07) is 11.0. The van der Waals surface area contributed by atoms with Crippen LogP contribution in [0.1, 0.15) is 24.1 Å². The Morgan fingerprint density at radius 2 is 1.77 bits per heavy atom. The van der Waals surface area contributed by atoms with E-state index >= 15 is 0 Å². The van der Waals surface area contributed by atoms with E-state index in [0.29, 0.717) is 11.5 Å². The van der Waals surface area contributed by atoms with E-state index in [9.17, 15) is 4.79 Å². The highest BCUT2D eigenvalue weighted by atomic mass is 79.9. The van der Waals surface area contributed by atoms with Crippen LogP contribution in [0, 0.1) is 0 Å². The molecule has 5 nitrogen and oxygen atoms in total. The minimum atomic E-state index is -0.192. The molecule has 0 fully saturated rings. The van der Waals surface area contributed by atoms with Gasteiger partial charge < -0.3 is 19.5 Å². The van der Waals surface area contributed by atoms with Crippen LogP contribution in [0.15, 0.2) is 46.9 Å². The number of benzene rings is 2. The molecule has 0 aromatic heterocycles. The Labute approximate surface area is 162 Å². The average Bonchev–Trinajstić information content (AvgIpc) is 2.65. The number of halogens is 1. The highest BCUT2D eigenvalue weighted by Crippen LogP contribution is 2.28. The summed E-state index contributed by atoms with van der Waals surface area (Å²) in [6.07, 6.45) is 3.20. The summed E-state index contributed by atoms with van der Waals surface area (Å²) in [7, 11) is 4.79. The lowest BCUT2D eigenvalue weighted by Gasteiger charge is -2.14. The maximum Gasteiger partial charge on any atom is 0.244 e. The molecule has 138 valence electrons. The van der Waals surface area contributed by atoms with Crippen LogP contribution < -0.4 is 19.5 Å². The van der Waals surface area contributed by atoms with Crippen LogP contribution in [-0.4, -0.2) is 27.2 Å². The normalized spacial score (nSPS) is 11.9. The van der Waals surface area contributed by atoms with Gasteiger partial charge in [-0.2, -0.15) is 0 Å². The number of hydrogen-bond donors (Lipinski definition) is 1. The minimum Gasteiger partial charge on any atom is -0.497 e. The van der Waals surface area contributed by atoms with Crippen LogP contribution >= 0.6 is 15.9 Å². The lowest BCUT2D eigenvalue weighted by Crippen LogP contribution is -2.24. The van der Waals surface area contributed by atoms with Crippen LogP contribution in [0.4, 0.5) is 0 Å². The molecule has 0 aliphatic carbocycles. The van der Waals surface area contributed by atoms with Gasteiger partial charge in [-0.3, -0.25) is 4.79 Å². The lowest BCUT2D eigenvalue weighted by atomic mass is 10.1. The summed E-state index contributed by atoms with van der Waals surface area (Å²) in [5, 5.41) is 2.94. The number of hydrogen-bond acceptors (Lipinski definition) is 4. The summed E-state index contributed by atoms with van der Waals surface area (Å²) in [5.74, 6) is 1.89. The Bertz CT molecular complexity index is 804. The number of carbonyl (C=O) groups excluding carboxylic acids is 1. The smallest absolute Gasteiger partial charge is 0.244 e. The van der Waals surface area contributed by atoms with Crippen LogP contribution in [0.2, 0.25) is 0 Å². The van der Waals surface area contributed by atoms with E-state index in [-0.39, 0.29) is 11.9 Å². The second kappa shape index (κ2) is 9.29. The summed E-state index contributed by atoms with van der Waals surface area (Å²) in [5.41, 5.74) is 1.77. The second-order valence-corrected chi connectivity index (χ2v) is 6.42. The molecule has 0 aliphatic heterocycles. The molecule has 0 aliphatic rings. The molecule has 2 aromatic carbocycles. The van der Waals surface area contributed by atoms with Gasteiger partial charge in [0, 0.05) is 17.7 Å². The predicted molar refractivity (Wildman–Crippen MR) is 106 cm³/mol. The van der Waals surface area contributed by atoms with E-state index in [1.165, 1.54) is 6.08 Å². The van der Waals surface area contributed by atoms with Gasteiger partial charge in [0.05, 0.1) is 31.8 Å². The van der Waals surface area contributed by atoms with E-state index in [1.54, 1.807) is 33.5 Å². The van der Waals surface area contributed by atoms with E-state index in [1.807, 2.05) is 37.3 Å². The molecule has 0 unspecified atom stereocenters. The maximum atomic E-state index is 12.2. The topological polar surface area (TPSA) is 56.8 Å². The third-order valence-electron chi connectivity index (χ3n) is 3.89. The van der Waals surface area contributed by atoms with E-state index in [4.69, 9.17) is 14.2 Å². The van der Waals surface area contributed by atoms with Gasteiger partial charge in [-0.15, -0.1) is 0 Å². The lowest BCUT2D eigenvalue weighted by molar-refractivity contribution is -0.117. The molecule has 1 N–H and O–H groups in total. The molecule has 26 heavy (non-hydrogen) atoms. The zero-order chi connectivity index (χ0) is 19.1. The van der Waals surface area contributed by atoms with Gasteiger partial charge in [0.15, 0.2) is 0 Å². The van der Waals surface area contributed by atoms with Crippen molar-refractivity contribution in [2.45, 2.75) is 13.0 Å². The highest BCUT2D eigenvalue weighted by Gasteiger charge is 2.10. The summed E-state index contributed by atoms with van der Waals surface area (Å²) < 4.78 is 16.6. The molecule has 0 heterocycles. The second-order valence-electron chi connectivity index (χ2n) is 5.57. The number of carbonyl (C=O) groups is 1. The third kappa shape index (κ3) is 5.02. The molecule has 2 rings (SSSR count). The number of rotatable bonds is 7. The van der Waals surface area contributed by atoms with Crippen molar-refractivity contribution in [1.82, 2.24) is 5.32 Å². The van der Waals surface area contributed by atoms with E-state index in [2.05, 4.69) is 21.2 Å². The molecule has 2 aromatic rings. The molecule has 0 radical (unpaired) electrons. The molecule has 0 saturated heterocycles. The fourth-order valence-electron chi connectivity index (χ4n) is 2.42. The fourth-order valence-corrected chi connectivity index (χ4v) is 2.98. The number of methoxy groups -OCH3 is 3. The molecule has 1 amide bonds. The van der Waals surface area contributed by atoms with Gasteiger partial charge in [-0.05, 0) is 58.8 Å². The zero-order valence-electron chi connectivity index (χ0n) is 15.2. The van der Waals surface area contributed by atoms with Gasteiger partial charge in [-0.1, -0.05) is 6.07 Å².